The van der Waals surface area contributed by atoms with Crippen LogP contribution in [0.4, 0.5) is 5.82 Å². The number of nitrogens with two attached hydrogens (primary N) is 2. The SMILES string of the molecule is [B]c1cc(O)c(O)cc1Sc1nc2c(N)ncnc2n1CCC1CCN(C(=O)[C@H](C)OC(=O)COCCN)CC1. The van der Waals surface area contributed by atoms with E-state index in [9.17, 15) is 19.8 Å². The zero-order chi connectivity index (χ0) is 28.8. The molecule has 1 aromatic carbocycles. The highest BCUT2D eigenvalue weighted by atomic mass is 32.2. The normalized spacial score (nSPS) is 14.9. The molecule has 2 radical (unpaired) electrons. The average Bonchev–Trinajstić information content (AvgIpc) is 3.28. The van der Waals surface area contributed by atoms with E-state index in [4.69, 9.17) is 28.8 Å². The molecule has 15 heteroatoms. The summed E-state index contributed by atoms with van der Waals surface area (Å²) in [4.78, 5) is 39.9. The highest BCUT2D eigenvalue weighted by Crippen LogP contribution is 2.35. The van der Waals surface area contributed by atoms with Gasteiger partial charge in [0.25, 0.3) is 5.91 Å². The quantitative estimate of drug-likeness (QED) is 0.107. The number of benzene rings is 1. The zero-order valence-electron chi connectivity index (χ0n) is 22.2. The molecule has 0 bridgehead atoms. The van der Waals surface area contributed by atoms with E-state index in [1.807, 2.05) is 4.57 Å². The Balaban J connectivity index is 1.38. The van der Waals surface area contributed by atoms with Gasteiger partial charge in [-0.25, -0.2) is 19.7 Å². The Morgan fingerprint density at radius 2 is 1.95 bits per heavy atom. The van der Waals surface area contributed by atoms with Crippen molar-refractivity contribution in [2.75, 3.05) is 38.6 Å². The second-order valence-corrected chi connectivity index (χ2v) is 10.5. The van der Waals surface area contributed by atoms with Crippen LogP contribution in [0.1, 0.15) is 26.2 Å². The molecule has 40 heavy (non-hydrogen) atoms. The Hall–Kier alpha value is -3.56. The van der Waals surface area contributed by atoms with Crippen molar-refractivity contribution < 1.29 is 29.3 Å². The number of hydrogen-bond acceptors (Lipinski definition) is 12. The monoisotopic (exact) mass is 569 g/mol. The lowest BCUT2D eigenvalue weighted by Gasteiger charge is -2.33. The summed E-state index contributed by atoms with van der Waals surface area (Å²) in [7, 11) is 6.06. The van der Waals surface area contributed by atoms with Gasteiger partial charge in [0.2, 0.25) is 0 Å². The van der Waals surface area contributed by atoms with Gasteiger partial charge in [-0.1, -0.05) is 17.2 Å². The molecule has 0 spiro atoms. The number of nitrogens with zero attached hydrogens (tertiary/aromatic N) is 5. The summed E-state index contributed by atoms with van der Waals surface area (Å²) in [5.41, 5.74) is 12.7. The third kappa shape index (κ3) is 6.95. The molecule has 1 aliphatic heterocycles. The molecule has 0 aliphatic carbocycles. The van der Waals surface area contributed by atoms with E-state index >= 15 is 0 Å². The molecule has 1 saturated heterocycles. The number of esters is 1. The van der Waals surface area contributed by atoms with Gasteiger partial charge in [0.05, 0.1) is 6.61 Å². The average molecular weight is 569 g/mol. The third-order valence-corrected chi connectivity index (χ3v) is 7.73. The van der Waals surface area contributed by atoms with Gasteiger partial charge >= 0.3 is 5.97 Å². The number of aryl methyl sites for hydroxylation is 1. The number of rotatable bonds is 11. The summed E-state index contributed by atoms with van der Waals surface area (Å²) in [5, 5.41) is 20.3. The molecule has 3 aromatic rings. The number of fused-ring (bicyclic) bond motifs is 1. The van der Waals surface area contributed by atoms with Gasteiger partial charge in [0.1, 0.15) is 20.8 Å². The summed E-state index contributed by atoms with van der Waals surface area (Å²) < 4.78 is 12.2. The van der Waals surface area contributed by atoms with Crippen molar-refractivity contribution in [1.29, 1.82) is 0 Å². The minimum Gasteiger partial charge on any atom is -0.504 e. The van der Waals surface area contributed by atoms with Gasteiger partial charge < -0.3 is 40.6 Å². The standard InChI is InChI=1S/C25H32BN7O6S/c1-14(39-20(36)12-38-9-5-27)24(37)32-6-2-15(3-7-32)4-8-33-23-21(22(28)29-13-30-23)31-25(33)40-19-11-18(35)17(34)10-16(19)26/h10-11,13-15,34-35H,2-9,12,27H2,1H3,(H2,28,29,30)/t14-/m0/s1. The highest BCUT2D eigenvalue weighted by molar-refractivity contribution is 7.99. The Bertz CT molecular complexity index is 1370. The fourth-order valence-corrected chi connectivity index (χ4v) is 5.47. The maximum Gasteiger partial charge on any atom is 0.332 e. The van der Waals surface area contributed by atoms with Gasteiger partial charge in [-0.15, -0.1) is 0 Å². The molecule has 0 saturated carbocycles. The van der Waals surface area contributed by atoms with Crippen LogP contribution < -0.4 is 16.9 Å². The number of anilines is 1. The molecule has 6 N–H and O–H groups in total. The Morgan fingerprint density at radius 3 is 2.67 bits per heavy atom. The second-order valence-electron chi connectivity index (χ2n) is 9.49. The highest BCUT2D eigenvalue weighted by Gasteiger charge is 2.28. The number of imidazole rings is 1. The van der Waals surface area contributed by atoms with Gasteiger partial charge in [-0.05, 0) is 44.2 Å². The Labute approximate surface area is 236 Å². The summed E-state index contributed by atoms with van der Waals surface area (Å²) in [6, 6.07) is 2.66. The Morgan fingerprint density at radius 1 is 1.23 bits per heavy atom. The van der Waals surface area contributed by atoms with E-state index in [1.165, 1.54) is 30.2 Å². The van der Waals surface area contributed by atoms with Gasteiger partial charge in [-0.3, -0.25) is 4.79 Å². The predicted molar refractivity (Wildman–Crippen MR) is 148 cm³/mol. The lowest BCUT2D eigenvalue weighted by atomic mass is 9.93. The van der Waals surface area contributed by atoms with Crippen LogP contribution in [0.5, 0.6) is 11.5 Å². The van der Waals surface area contributed by atoms with Gasteiger partial charge in [0, 0.05) is 31.1 Å². The summed E-state index contributed by atoms with van der Waals surface area (Å²) >= 11 is 1.23. The van der Waals surface area contributed by atoms with Crippen LogP contribution in [-0.2, 0) is 25.6 Å². The Kier molecular flexibility index (Phi) is 9.71. The first-order valence-corrected chi connectivity index (χ1v) is 13.7. The van der Waals surface area contributed by atoms with Crippen LogP contribution in [0.3, 0.4) is 0 Å². The molecule has 0 unspecified atom stereocenters. The molecule has 13 nitrogen and oxygen atoms in total. The number of amides is 1. The van der Waals surface area contributed by atoms with E-state index in [1.54, 1.807) is 11.8 Å². The van der Waals surface area contributed by atoms with Gasteiger partial charge in [-0.2, -0.15) is 0 Å². The summed E-state index contributed by atoms with van der Waals surface area (Å²) in [6.07, 6.45) is 2.87. The zero-order valence-corrected chi connectivity index (χ0v) is 23.0. The third-order valence-electron chi connectivity index (χ3n) is 6.66. The van der Waals surface area contributed by atoms with E-state index in [0.29, 0.717) is 53.3 Å². The number of piperidine rings is 1. The fraction of sp³-hybridized carbons (Fsp3) is 0.480. The van der Waals surface area contributed by atoms with Crippen molar-refractivity contribution in [2.45, 2.75) is 48.9 Å². The molecule has 1 amide bonds. The first-order chi connectivity index (χ1) is 19.2. The molecule has 4 rings (SSSR count). The van der Waals surface area contributed by atoms with E-state index < -0.39 is 12.1 Å². The van der Waals surface area contributed by atoms with Crippen LogP contribution >= 0.6 is 11.8 Å². The maximum absolute atomic E-state index is 12.8. The van der Waals surface area contributed by atoms with Crippen molar-refractivity contribution in [3.05, 3.63) is 18.5 Å². The summed E-state index contributed by atoms with van der Waals surface area (Å²) in [5.74, 6) is -0.835. The predicted octanol–water partition coefficient (Wildman–Crippen LogP) is 0.300. The molecule has 1 atom stereocenters. The molecular formula is C25H32BN7O6S. The van der Waals surface area contributed by atoms with E-state index in [0.717, 1.165) is 19.3 Å². The molecule has 3 heterocycles. The number of ether oxygens (including phenoxy) is 2. The number of hydrogen-bond donors (Lipinski definition) is 4. The lowest BCUT2D eigenvalue weighted by molar-refractivity contribution is -0.163. The number of phenols is 2. The van der Waals surface area contributed by atoms with E-state index in [-0.39, 0.29) is 41.9 Å². The minimum atomic E-state index is -0.890. The van der Waals surface area contributed by atoms with Crippen molar-refractivity contribution >= 4 is 53.9 Å². The lowest BCUT2D eigenvalue weighted by Crippen LogP contribution is -2.44. The van der Waals surface area contributed by atoms with Crippen LogP contribution in [-0.4, -0.2) is 93.3 Å². The van der Waals surface area contributed by atoms with E-state index in [2.05, 4.69) is 15.0 Å². The fourth-order valence-electron chi connectivity index (χ4n) is 4.51. The van der Waals surface area contributed by atoms with Crippen LogP contribution in [0, 0.1) is 5.92 Å². The van der Waals surface area contributed by atoms with Crippen molar-refractivity contribution in [3.8, 4) is 11.5 Å². The number of carbonyl (C=O) groups is 2. The summed E-state index contributed by atoms with van der Waals surface area (Å²) in [6.45, 7) is 3.56. The first-order valence-electron chi connectivity index (χ1n) is 12.9. The molecule has 1 fully saturated rings. The minimum absolute atomic E-state index is 0.230. The number of likely N-dealkylation sites (tertiary alicyclic amines) is 1. The largest absolute Gasteiger partial charge is 0.504 e. The first kappa shape index (κ1) is 29.4. The molecule has 2 aromatic heterocycles. The van der Waals surface area contributed by atoms with Crippen LogP contribution in [0.2, 0.25) is 0 Å². The number of nitrogen functional groups attached to an aromatic ring is 1. The molecule has 212 valence electrons. The molecule has 1 aliphatic rings. The van der Waals surface area contributed by atoms with Crippen LogP contribution in [0.25, 0.3) is 11.2 Å². The number of aromatic hydroxyl groups is 2. The second kappa shape index (κ2) is 13.2. The molecular weight excluding hydrogens is 537 g/mol. The van der Waals surface area contributed by atoms with Gasteiger partial charge in [0.15, 0.2) is 39.7 Å². The topological polar surface area (TPSA) is 192 Å². The maximum atomic E-state index is 12.8. The van der Waals surface area contributed by atoms with Crippen molar-refractivity contribution in [1.82, 2.24) is 24.4 Å². The van der Waals surface area contributed by atoms with Crippen LogP contribution in [0.15, 0.2) is 28.5 Å². The number of carbonyl (C=O) groups excluding carboxylic acids is 2. The smallest absolute Gasteiger partial charge is 0.332 e. The number of phenolic OH excluding ortho intramolecular Hbond substituents is 2. The number of aromatic nitrogens is 4. The van der Waals surface area contributed by atoms with Crippen molar-refractivity contribution in [3.63, 3.8) is 0 Å². The van der Waals surface area contributed by atoms with Crippen molar-refractivity contribution in [2.24, 2.45) is 11.7 Å².